The van der Waals surface area contributed by atoms with Gasteiger partial charge in [0.15, 0.2) is 0 Å². The molecule has 1 atom stereocenters. The van der Waals surface area contributed by atoms with Crippen LogP contribution in [0.1, 0.15) is 25.7 Å². The maximum absolute atomic E-state index is 11.4. The van der Waals surface area contributed by atoms with Crippen molar-refractivity contribution in [2.75, 3.05) is 26.2 Å². The highest BCUT2D eigenvalue weighted by atomic mass is 32.3. The summed E-state index contributed by atoms with van der Waals surface area (Å²) in [6.07, 6.45) is 4.44. The lowest BCUT2D eigenvalue weighted by Gasteiger charge is -2.21. The van der Waals surface area contributed by atoms with Gasteiger partial charge in [0.2, 0.25) is 6.41 Å². The first-order valence-electron chi connectivity index (χ1n) is 7.56. The second kappa shape index (κ2) is 7.90. The van der Waals surface area contributed by atoms with Crippen LogP contribution in [0.15, 0.2) is 0 Å². The Hall–Kier alpha value is -1.43. The van der Waals surface area contributed by atoms with E-state index >= 15 is 0 Å². The molecule has 0 aromatic heterocycles. The number of nitrogens with one attached hydrogen (secondary N) is 2. The lowest BCUT2D eigenvalue weighted by molar-refractivity contribution is -0.110. The minimum Gasteiger partial charge on any atom is -0.356 e. The van der Waals surface area contributed by atoms with Gasteiger partial charge in [0.25, 0.3) is 0 Å². The fourth-order valence-electron chi connectivity index (χ4n) is 2.89. The van der Waals surface area contributed by atoms with Crippen molar-refractivity contribution in [2.24, 2.45) is 0 Å². The van der Waals surface area contributed by atoms with Gasteiger partial charge in [-0.15, -0.1) is 4.28 Å². The Bertz CT molecular complexity index is 522. The van der Waals surface area contributed by atoms with Crippen molar-refractivity contribution in [3.05, 3.63) is 0 Å². The Morgan fingerprint density at radius 3 is 2.57 bits per heavy atom. The van der Waals surface area contributed by atoms with Gasteiger partial charge in [-0.05, 0) is 38.8 Å². The molecule has 3 heterocycles. The number of nitrogens with zero attached hydrogens (tertiary/aromatic N) is 2. The second-order valence-electron chi connectivity index (χ2n) is 5.66. The first-order chi connectivity index (χ1) is 10.9. The van der Waals surface area contributed by atoms with Crippen LogP contribution >= 0.6 is 0 Å². The molecule has 0 aliphatic carbocycles. The monoisotopic (exact) mass is 350 g/mol. The summed E-state index contributed by atoms with van der Waals surface area (Å²) in [6.45, 7) is 3.14. The number of hydrogen-bond acceptors (Lipinski definition) is 6. The Balaban J connectivity index is 0.000000185. The van der Waals surface area contributed by atoms with E-state index in [4.69, 9.17) is 4.55 Å². The Kier molecular flexibility index (Phi) is 6.16. The smallest absolute Gasteiger partial charge is 0.356 e. The zero-order valence-corrected chi connectivity index (χ0v) is 13.5. The van der Waals surface area contributed by atoms with Crippen molar-refractivity contribution in [1.29, 1.82) is 0 Å². The number of fused-ring (bicyclic) bond motifs is 2. The molecule has 3 aliphatic heterocycles. The summed E-state index contributed by atoms with van der Waals surface area (Å²) in [5.74, 6) is 0. The van der Waals surface area contributed by atoms with Gasteiger partial charge in [0.1, 0.15) is 0 Å². The highest BCUT2D eigenvalue weighted by molar-refractivity contribution is 7.80. The van der Waals surface area contributed by atoms with Crippen molar-refractivity contribution in [3.8, 4) is 0 Å². The van der Waals surface area contributed by atoms with Gasteiger partial charge in [-0.1, -0.05) is 0 Å². The van der Waals surface area contributed by atoms with Crippen LogP contribution in [0, 0.1) is 0 Å². The molecule has 0 aromatic carbocycles. The number of carbonyl (C=O) groups excluding carboxylic acids is 2. The molecule has 2 bridgehead atoms. The number of rotatable bonds is 4. The lowest BCUT2D eigenvalue weighted by atomic mass is 10.1. The minimum atomic E-state index is -4.60. The number of carbonyl (C=O) groups is 2. The Morgan fingerprint density at radius 2 is 2.00 bits per heavy atom. The molecule has 3 rings (SSSR count). The highest BCUT2D eigenvalue weighted by Crippen LogP contribution is 2.25. The van der Waals surface area contributed by atoms with Gasteiger partial charge < -0.3 is 15.5 Å². The molecule has 1 unspecified atom stereocenters. The molecule has 10 nitrogen and oxygen atoms in total. The van der Waals surface area contributed by atoms with E-state index in [0.717, 1.165) is 43.8 Å². The molecule has 11 heteroatoms. The van der Waals surface area contributed by atoms with Crippen molar-refractivity contribution >= 4 is 22.8 Å². The van der Waals surface area contributed by atoms with E-state index in [2.05, 4.69) is 14.9 Å². The average molecular weight is 350 g/mol. The molecule has 3 aliphatic rings. The number of hydroxylamine groups is 2. The van der Waals surface area contributed by atoms with Crippen LogP contribution in [-0.2, 0) is 19.5 Å². The first-order valence-corrected chi connectivity index (χ1v) is 8.93. The van der Waals surface area contributed by atoms with Crippen LogP contribution in [0.25, 0.3) is 0 Å². The van der Waals surface area contributed by atoms with Gasteiger partial charge in [0.05, 0.1) is 6.04 Å². The fraction of sp³-hybridized carbons (Fsp3) is 0.833. The maximum atomic E-state index is 11.4. The molecule has 3 fully saturated rings. The number of urea groups is 1. The molecule has 0 saturated carbocycles. The SMILES string of the molecule is O=C1N2CCCC(C2)N1OS(=O)(=O)O.O=CNC1CCNCC1. The van der Waals surface area contributed by atoms with Crippen molar-refractivity contribution in [3.63, 3.8) is 0 Å². The summed E-state index contributed by atoms with van der Waals surface area (Å²) in [5, 5.41) is 6.72. The van der Waals surface area contributed by atoms with E-state index in [1.807, 2.05) is 0 Å². The summed E-state index contributed by atoms with van der Waals surface area (Å²) in [5.41, 5.74) is 0. The average Bonchev–Trinajstić information content (AvgIpc) is 2.71. The van der Waals surface area contributed by atoms with E-state index in [1.54, 1.807) is 0 Å². The first kappa shape index (κ1) is 17.9. The van der Waals surface area contributed by atoms with Gasteiger partial charge in [-0.3, -0.25) is 9.35 Å². The van der Waals surface area contributed by atoms with Crippen LogP contribution in [0.4, 0.5) is 4.79 Å². The molecule has 0 radical (unpaired) electrons. The second-order valence-corrected chi connectivity index (χ2v) is 6.67. The standard InChI is InChI=1S/C6H10N2O5S.C6H12N2O/c9-6-7-3-1-2-5(4-7)8(6)13-14(10,11)12;9-5-8-6-1-3-7-4-2-6/h5H,1-4H2,(H,10,11,12);5-7H,1-4H2,(H,8,9). The van der Waals surface area contributed by atoms with Gasteiger partial charge in [0, 0.05) is 19.1 Å². The number of amides is 3. The highest BCUT2D eigenvalue weighted by Gasteiger charge is 2.42. The molecule has 3 saturated heterocycles. The van der Waals surface area contributed by atoms with Gasteiger partial charge >= 0.3 is 16.4 Å². The van der Waals surface area contributed by atoms with Crippen LogP contribution in [-0.4, -0.2) is 73.6 Å². The Labute approximate surface area is 135 Å². The molecule has 3 N–H and O–H groups in total. The van der Waals surface area contributed by atoms with Crippen molar-refractivity contribution in [2.45, 2.75) is 37.8 Å². The van der Waals surface area contributed by atoms with Crippen molar-refractivity contribution < 1.29 is 26.8 Å². The summed E-state index contributed by atoms with van der Waals surface area (Å²) < 4.78 is 33.5. The molecule has 132 valence electrons. The lowest BCUT2D eigenvalue weighted by Crippen LogP contribution is -2.39. The predicted octanol–water partition coefficient (Wildman–Crippen LogP) is -0.895. The third-order valence-electron chi connectivity index (χ3n) is 4.00. The van der Waals surface area contributed by atoms with E-state index < -0.39 is 16.4 Å². The summed E-state index contributed by atoms with van der Waals surface area (Å²) in [4.78, 5) is 22.9. The molecular weight excluding hydrogens is 328 g/mol. The van der Waals surface area contributed by atoms with E-state index in [-0.39, 0.29) is 6.04 Å². The van der Waals surface area contributed by atoms with Gasteiger partial charge in [-0.2, -0.15) is 13.5 Å². The van der Waals surface area contributed by atoms with Crippen molar-refractivity contribution in [1.82, 2.24) is 20.6 Å². The summed E-state index contributed by atoms with van der Waals surface area (Å²) in [6, 6.07) is -0.341. The summed E-state index contributed by atoms with van der Waals surface area (Å²) in [7, 11) is -4.60. The molecular formula is C12H22N4O6S. The largest absolute Gasteiger partial charge is 0.418 e. The number of piperidine rings is 2. The number of hydrogen-bond donors (Lipinski definition) is 3. The zero-order chi connectivity index (χ0) is 16.9. The van der Waals surface area contributed by atoms with Crippen LogP contribution in [0.2, 0.25) is 0 Å². The van der Waals surface area contributed by atoms with Gasteiger partial charge in [-0.25, -0.2) is 4.79 Å². The fourth-order valence-corrected chi connectivity index (χ4v) is 3.28. The van der Waals surface area contributed by atoms with Crippen LogP contribution in [0.3, 0.4) is 0 Å². The normalized spacial score (nSPS) is 24.9. The third kappa shape index (κ3) is 5.30. The van der Waals surface area contributed by atoms with Crippen LogP contribution in [0.5, 0.6) is 0 Å². The molecule has 23 heavy (non-hydrogen) atoms. The van der Waals surface area contributed by atoms with E-state index in [9.17, 15) is 18.0 Å². The van der Waals surface area contributed by atoms with E-state index in [1.165, 1.54) is 4.90 Å². The zero-order valence-electron chi connectivity index (χ0n) is 12.7. The van der Waals surface area contributed by atoms with Crippen LogP contribution < -0.4 is 10.6 Å². The topological polar surface area (TPSA) is 128 Å². The third-order valence-corrected chi connectivity index (χ3v) is 4.35. The molecule has 0 aromatic rings. The maximum Gasteiger partial charge on any atom is 0.418 e. The Morgan fingerprint density at radius 1 is 1.30 bits per heavy atom. The molecule has 3 amide bonds. The summed E-state index contributed by atoms with van der Waals surface area (Å²) >= 11 is 0. The molecule has 0 spiro atoms. The van der Waals surface area contributed by atoms with E-state index in [0.29, 0.717) is 25.6 Å². The minimum absolute atomic E-state index is 0.266. The predicted molar refractivity (Wildman–Crippen MR) is 79.6 cm³/mol. The quantitative estimate of drug-likeness (QED) is 0.443.